The molecule has 0 radical (unpaired) electrons. The summed E-state index contributed by atoms with van der Waals surface area (Å²) in [5.74, 6) is 0. The number of hydrogen-bond donors (Lipinski definition) is 0. The van der Waals surface area contributed by atoms with Gasteiger partial charge in [-0.15, -0.1) is 0 Å². The molecule has 11 heavy (non-hydrogen) atoms. The van der Waals surface area contributed by atoms with E-state index >= 15 is 0 Å². The lowest BCUT2D eigenvalue weighted by Crippen LogP contribution is -1.88. The van der Waals surface area contributed by atoms with E-state index in [1.165, 1.54) is 17.3 Å². The van der Waals surface area contributed by atoms with Gasteiger partial charge in [-0.3, -0.25) is 9.59 Å². The maximum absolute atomic E-state index is 10.8. The third-order valence-corrected chi connectivity index (χ3v) is 4.98. The van der Waals surface area contributed by atoms with Gasteiger partial charge in [-0.1, -0.05) is 21.9 Å². The van der Waals surface area contributed by atoms with Gasteiger partial charge in [0.05, 0.1) is 0 Å². The largest absolute Gasteiger partial charge is 0.287 e. The van der Waals surface area contributed by atoms with E-state index in [1.54, 1.807) is 0 Å². The Bertz CT molecular complexity index is 327. The van der Waals surface area contributed by atoms with Gasteiger partial charge in [-0.2, -0.15) is 0 Å². The van der Waals surface area contributed by atoms with Crippen LogP contribution in [0.15, 0.2) is 9.00 Å². The molecule has 0 amide bonds. The Hall–Kier alpha value is 0.160. The summed E-state index contributed by atoms with van der Waals surface area (Å²) in [4.78, 5) is 21.4. The molecule has 0 aliphatic rings. The zero-order valence-electron chi connectivity index (χ0n) is 5.42. The molecule has 0 saturated carbocycles. The third-order valence-electron chi connectivity index (χ3n) is 0.788. The van der Waals surface area contributed by atoms with E-state index in [-0.39, 0.29) is 14.9 Å². The van der Waals surface area contributed by atoms with Crippen molar-refractivity contribution in [2.45, 2.75) is 11.1 Å². The lowest BCUT2D eigenvalue weighted by Gasteiger charge is -1.87. The smallest absolute Gasteiger partial charge is 0.262 e. The third kappa shape index (κ3) is 2.30. The molecule has 0 unspecified atom stereocenters. The molecule has 60 valence electrons. The van der Waals surface area contributed by atoms with Crippen molar-refractivity contribution >= 4 is 49.2 Å². The van der Waals surface area contributed by atoms with Crippen molar-refractivity contribution in [1.29, 1.82) is 0 Å². The minimum atomic E-state index is -0.166. The number of carbonyl (C=O) groups is 1. The van der Waals surface area contributed by atoms with Gasteiger partial charge in [-0.25, -0.2) is 0 Å². The highest BCUT2D eigenvalue weighted by Crippen LogP contribution is 2.31. The van der Waals surface area contributed by atoms with Crippen molar-refractivity contribution in [1.82, 2.24) is 0 Å². The predicted octanol–water partition coefficient (Wildman–Crippen LogP) is 2.46. The summed E-state index contributed by atoms with van der Waals surface area (Å²) in [5.41, 5.74) is 0. The Morgan fingerprint density at radius 1 is 1.55 bits per heavy atom. The van der Waals surface area contributed by atoms with Crippen LogP contribution in [0.1, 0.15) is 6.92 Å². The number of halogens is 1. The molecule has 0 spiro atoms. The molecular formula is C5H3ClO2S3. The molecule has 2 nitrogen and oxygen atoms in total. The summed E-state index contributed by atoms with van der Waals surface area (Å²) in [6, 6.07) is 0. The Morgan fingerprint density at radius 2 is 2.18 bits per heavy atom. The molecule has 0 bridgehead atoms. The Kier molecular flexibility index (Phi) is 3.12. The molecule has 0 fully saturated rings. The average Bonchev–Trinajstić information content (AvgIpc) is 2.18. The van der Waals surface area contributed by atoms with E-state index in [1.807, 2.05) is 0 Å². The van der Waals surface area contributed by atoms with Crippen LogP contribution in [0.2, 0.25) is 5.02 Å². The highest BCUT2D eigenvalue weighted by molar-refractivity contribution is 8.15. The number of carbonyl (C=O) groups excluding carboxylic acids is 1. The molecule has 1 aromatic heterocycles. The molecule has 0 aliphatic heterocycles. The lowest BCUT2D eigenvalue weighted by molar-refractivity contribution is -0.109. The van der Waals surface area contributed by atoms with Crippen LogP contribution in [-0.4, -0.2) is 5.12 Å². The first-order chi connectivity index (χ1) is 5.11. The Balaban J connectivity index is 2.96. The summed E-state index contributed by atoms with van der Waals surface area (Å²) in [5, 5.41) is 0.126. The molecule has 1 rings (SSSR count). The number of thioether (sulfide) groups is 1. The van der Waals surface area contributed by atoms with Crippen LogP contribution in [-0.2, 0) is 4.79 Å². The van der Waals surface area contributed by atoms with Crippen molar-refractivity contribution in [2.24, 2.45) is 0 Å². The van der Waals surface area contributed by atoms with Gasteiger partial charge < -0.3 is 0 Å². The van der Waals surface area contributed by atoms with Crippen LogP contribution < -0.4 is 4.74 Å². The Labute approximate surface area is 79.6 Å². The normalized spacial score (nSPS) is 10.0. The van der Waals surface area contributed by atoms with Gasteiger partial charge in [0.25, 0.3) is 4.74 Å². The van der Waals surface area contributed by atoms with Crippen molar-refractivity contribution in [2.75, 3.05) is 0 Å². The zero-order valence-corrected chi connectivity index (χ0v) is 8.62. The molecule has 0 aromatic carbocycles. The quantitative estimate of drug-likeness (QED) is 0.545. The van der Waals surface area contributed by atoms with Gasteiger partial charge in [0.1, 0.15) is 9.23 Å². The van der Waals surface area contributed by atoms with Gasteiger partial charge in [0, 0.05) is 6.92 Å². The highest BCUT2D eigenvalue weighted by Gasteiger charge is 2.10. The van der Waals surface area contributed by atoms with Crippen molar-refractivity contribution in [3.8, 4) is 0 Å². The molecular weight excluding hydrogens is 224 g/mol. The van der Waals surface area contributed by atoms with Crippen LogP contribution in [0.3, 0.4) is 0 Å². The van der Waals surface area contributed by atoms with Crippen LogP contribution >= 0.6 is 44.0 Å². The second kappa shape index (κ2) is 3.71. The molecule has 0 aliphatic carbocycles. The van der Waals surface area contributed by atoms with E-state index < -0.39 is 0 Å². The molecule has 0 N–H and O–H groups in total. The topological polar surface area (TPSA) is 34.1 Å². The van der Waals surface area contributed by atoms with Crippen LogP contribution in [0, 0.1) is 0 Å². The summed E-state index contributed by atoms with van der Waals surface area (Å²) >= 11 is 6.59. The van der Waals surface area contributed by atoms with Crippen LogP contribution in [0.25, 0.3) is 0 Å². The van der Waals surface area contributed by atoms with Crippen molar-refractivity contribution < 1.29 is 4.79 Å². The average molecular weight is 227 g/mol. The fourth-order valence-corrected chi connectivity index (χ4v) is 4.17. The van der Waals surface area contributed by atoms with Crippen molar-refractivity contribution in [3.05, 3.63) is 14.6 Å². The minimum absolute atomic E-state index is 0.0547. The zero-order chi connectivity index (χ0) is 8.43. The number of rotatable bonds is 1. The maximum atomic E-state index is 10.8. The first-order valence-electron chi connectivity index (χ1n) is 2.58. The fourth-order valence-electron chi connectivity index (χ4n) is 0.425. The second-order valence-electron chi connectivity index (χ2n) is 1.65. The predicted molar refractivity (Wildman–Crippen MR) is 50.0 cm³/mol. The molecule has 6 heteroatoms. The Morgan fingerprint density at radius 3 is 2.55 bits per heavy atom. The van der Waals surface area contributed by atoms with E-state index in [4.69, 9.17) is 11.6 Å². The molecule has 1 heterocycles. The summed E-state index contributed by atoms with van der Waals surface area (Å²) < 4.78 is 0.439. The summed E-state index contributed by atoms with van der Waals surface area (Å²) in [6.45, 7) is 1.44. The maximum Gasteiger partial charge on any atom is 0.262 e. The first-order valence-corrected chi connectivity index (χ1v) is 5.92. The highest BCUT2D eigenvalue weighted by atomic mass is 35.5. The van der Waals surface area contributed by atoms with Gasteiger partial charge in [-0.05, 0) is 22.1 Å². The van der Waals surface area contributed by atoms with Gasteiger partial charge >= 0.3 is 0 Å². The number of hydrogen-bond acceptors (Lipinski definition) is 5. The molecule has 0 atom stereocenters. The summed E-state index contributed by atoms with van der Waals surface area (Å²) in [6.07, 6.45) is 0. The lowest BCUT2D eigenvalue weighted by atomic mass is 10.8. The van der Waals surface area contributed by atoms with E-state index in [0.717, 1.165) is 22.1 Å². The van der Waals surface area contributed by atoms with Crippen LogP contribution in [0.5, 0.6) is 0 Å². The van der Waals surface area contributed by atoms with E-state index in [9.17, 15) is 9.59 Å². The SMILES string of the molecule is CC(=O)Sc1ssc(=O)c1Cl. The minimum Gasteiger partial charge on any atom is -0.287 e. The molecule has 1 aromatic rings. The van der Waals surface area contributed by atoms with E-state index in [2.05, 4.69) is 0 Å². The summed E-state index contributed by atoms with van der Waals surface area (Å²) in [7, 11) is 2.30. The van der Waals surface area contributed by atoms with E-state index in [0.29, 0.717) is 4.21 Å². The molecule has 0 saturated heterocycles. The second-order valence-corrected chi connectivity index (χ2v) is 5.59. The fraction of sp³-hybridized carbons (Fsp3) is 0.200. The first kappa shape index (κ1) is 9.25. The van der Waals surface area contributed by atoms with Gasteiger partial charge in [0.2, 0.25) is 0 Å². The van der Waals surface area contributed by atoms with Crippen molar-refractivity contribution in [3.63, 3.8) is 0 Å². The van der Waals surface area contributed by atoms with Crippen LogP contribution in [0.4, 0.5) is 0 Å². The monoisotopic (exact) mass is 226 g/mol. The van der Waals surface area contributed by atoms with Gasteiger partial charge in [0.15, 0.2) is 5.12 Å². The standard InChI is InChI=1S/C5H3ClO2S3/c1-2(7)9-5-3(6)4(8)10-11-5/h1H3.